The maximum atomic E-state index is 12.2. The zero-order valence-corrected chi connectivity index (χ0v) is 13.9. The smallest absolute Gasteiger partial charge is 0.408 e. The van der Waals surface area contributed by atoms with E-state index in [1.165, 1.54) is 17.0 Å². The average Bonchev–Trinajstić information content (AvgIpc) is 2.74. The van der Waals surface area contributed by atoms with Crippen LogP contribution in [0.4, 0.5) is 4.79 Å². The molecule has 2 rings (SSSR count). The fourth-order valence-corrected chi connectivity index (χ4v) is 3.85. The molecule has 4 N–H and O–H groups in total. The van der Waals surface area contributed by atoms with Crippen LogP contribution in [0.3, 0.4) is 0 Å². The number of nitrogens with zero attached hydrogens (tertiary/aromatic N) is 1. The lowest BCUT2D eigenvalue weighted by molar-refractivity contribution is -0.131. The van der Waals surface area contributed by atoms with E-state index in [-0.39, 0.29) is 17.1 Å². The van der Waals surface area contributed by atoms with Crippen LogP contribution in [0, 0.1) is 11.3 Å². The van der Waals surface area contributed by atoms with Crippen LogP contribution in [0.25, 0.3) is 0 Å². The quantitative estimate of drug-likeness (QED) is 0.779. The second kappa shape index (κ2) is 5.44. The lowest BCUT2D eigenvalue weighted by atomic mass is 9.69. The van der Waals surface area contributed by atoms with Crippen molar-refractivity contribution in [2.24, 2.45) is 17.1 Å². The van der Waals surface area contributed by atoms with Gasteiger partial charge in [-0.15, -0.1) is 0 Å². The average molecular weight is 320 g/mol. The van der Waals surface area contributed by atoms with Crippen molar-refractivity contribution in [2.45, 2.75) is 45.7 Å². The largest absolute Gasteiger partial charge is 0.508 e. The molecule has 126 valence electrons. The molecular formula is C17H24N2O4. The molecule has 3 atom stereocenters. The van der Waals surface area contributed by atoms with Gasteiger partial charge < -0.3 is 15.9 Å². The minimum atomic E-state index is -1.29. The zero-order chi connectivity index (χ0) is 17.6. The van der Waals surface area contributed by atoms with E-state index in [0.29, 0.717) is 6.42 Å². The molecule has 6 heteroatoms. The summed E-state index contributed by atoms with van der Waals surface area (Å²) in [6, 6.07) is 5.92. The van der Waals surface area contributed by atoms with Gasteiger partial charge in [0.15, 0.2) is 0 Å². The number of phenolic OH excluding ortho intramolecular Hbond substituents is 1. The molecular weight excluding hydrogens is 296 g/mol. The SMILES string of the molecule is CC(C)(C)C1C[C@H](c2ccc(O)cc2)N(C(=O)O)[C@]1(C)C(N)=O. The predicted octanol–water partition coefficient (Wildman–Crippen LogP) is 2.72. The van der Waals surface area contributed by atoms with Crippen molar-refractivity contribution < 1.29 is 19.8 Å². The molecule has 0 aromatic heterocycles. The first-order valence-electron chi connectivity index (χ1n) is 7.60. The van der Waals surface area contributed by atoms with Crippen LogP contribution in [0.5, 0.6) is 5.75 Å². The van der Waals surface area contributed by atoms with Gasteiger partial charge in [-0.3, -0.25) is 9.69 Å². The van der Waals surface area contributed by atoms with Crippen LogP contribution in [-0.2, 0) is 4.79 Å². The third kappa shape index (κ3) is 2.73. The van der Waals surface area contributed by atoms with Gasteiger partial charge in [0.2, 0.25) is 5.91 Å². The van der Waals surface area contributed by atoms with Crippen molar-refractivity contribution in [1.29, 1.82) is 0 Å². The fourth-order valence-electron chi connectivity index (χ4n) is 3.85. The highest BCUT2D eigenvalue weighted by Gasteiger charge is 2.59. The Balaban J connectivity index is 2.58. The monoisotopic (exact) mass is 320 g/mol. The van der Waals surface area contributed by atoms with Crippen molar-refractivity contribution in [3.05, 3.63) is 29.8 Å². The van der Waals surface area contributed by atoms with E-state index < -0.39 is 23.6 Å². The molecule has 1 saturated heterocycles. The number of carboxylic acid groups (broad SMARTS) is 1. The second-order valence-electron chi connectivity index (χ2n) is 7.43. The van der Waals surface area contributed by atoms with E-state index in [9.17, 15) is 19.8 Å². The third-order valence-corrected chi connectivity index (χ3v) is 4.98. The molecule has 1 heterocycles. The molecule has 1 unspecified atom stereocenters. The van der Waals surface area contributed by atoms with Gasteiger partial charge in [-0.25, -0.2) is 4.79 Å². The normalized spacial score (nSPS) is 27.9. The van der Waals surface area contributed by atoms with Crippen molar-refractivity contribution in [3.8, 4) is 5.75 Å². The van der Waals surface area contributed by atoms with Gasteiger partial charge in [-0.1, -0.05) is 32.9 Å². The predicted molar refractivity (Wildman–Crippen MR) is 85.9 cm³/mol. The Hall–Kier alpha value is -2.24. The van der Waals surface area contributed by atoms with E-state index >= 15 is 0 Å². The van der Waals surface area contributed by atoms with E-state index in [1.807, 2.05) is 20.8 Å². The lowest BCUT2D eigenvalue weighted by Gasteiger charge is -2.41. The number of amides is 2. The number of carbonyl (C=O) groups is 2. The van der Waals surface area contributed by atoms with Gasteiger partial charge >= 0.3 is 6.09 Å². The number of likely N-dealkylation sites (tertiary alicyclic amines) is 1. The standard InChI is InChI=1S/C17H24N2O4/c1-16(2,3)13-9-12(10-5-7-11(20)8-6-10)19(15(22)23)17(13,4)14(18)21/h5-8,12-13,20H,9H2,1-4H3,(H2,18,21)(H,22,23)/t12-,13?,17+/m1/s1. The minimum Gasteiger partial charge on any atom is -0.508 e. The number of hydrogen-bond donors (Lipinski definition) is 3. The number of phenols is 1. The number of nitrogens with two attached hydrogens (primary N) is 1. The zero-order valence-electron chi connectivity index (χ0n) is 13.9. The van der Waals surface area contributed by atoms with Gasteiger partial charge in [-0.05, 0) is 42.4 Å². The highest BCUT2D eigenvalue weighted by Crippen LogP contribution is 2.53. The van der Waals surface area contributed by atoms with E-state index in [4.69, 9.17) is 5.73 Å². The van der Waals surface area contributed by atoms with Crippen LogP contribution in [0.1, 0.15) is 45.7 Å². The number of rotatable bonds is 2. The summed E-state index contributed by atoms with van der Waals surface area (Å²) in [6.07, 6.45) is -0.670. The van der Waals surface area contributed by atoms with Crippen LogP contribution >= 0.6 is 0 Å². The molecule has 2 amide bonds. The Morgan fingerprint density at radius 3 is 2.17 bits per heavy atom. The molecule has 0 radical (unpaired) electrons. The molecule has 0 spiro atoms. The van der Waals surface area contributed by atoms with E-state index in [2.05, 4.69) is 0 Å². The molecule has 0 saturated carbocycles. The summed E-state index contributed by atoms with van der Waals surface area (Å²) in [5.41, 5.74) is 4.79. The second-order valence-corrected chi connectivity index (χ2v) is 7.43. The molecule has 1 aliphatic heterocycles. The van der Waals surface area contributed by atoms with Gasteiger partial charge in [0, 0.05) is 0 Å². The summed E-state index contributed by atoms with van der Waals surface area (Å²) in [7, 11) is 0. The first-order chi connectivity index (χ1) is 10.5. The number of aromatic hydroxyl groups is 1. The Morgan fingerprint density at radius 2 is 1.78 bits per heavy atom. The molecule has 0 bridgehead atoms. The van der Waals surface area contributed by atoms with E-state index in [0.717, 1.165) is 5.56 Å². The van der Waals surface area contributed by atoms with Crippen LogP contribution in [0.2, 0.25) is 0 Å². The topological polar surface area (TPSA) is 104 Å². The van der Waals surface area contributed by atoms with Gasteiger partial charge in [0.05, 0.1) is 6.04 Å². The van der Waals surface area contributed by atoms with Crippen molar-refractivity contribution in [1.82, 2.24) is 4.90 Å². The van der Waals surface area contributed by atoms with Crippen LogP contribution < -0.4 is 5.73 Å². The first-order valence-corrected chi connectivity index (χ1v) is 7.60. The number of hydrogen-bond acceptors (Lipinski definition) is 3. The Bertz CT molecular complexity index is 620. The molecule has 1 aromatic rings. The molecule has 1 fully saturated rings. The molecule has 1 aliphatic rings. The summed E-state index contributed by atoms with van der Waals surface area (Å²) in [6.45, 7) is 7.56. The first kappa shape index (κ1) is 17.1. The Labute approximate surface area is 135 Å². The molecule has 0 aliphatic carbocycles. The summed E-state index contributed by atoms with van der Waals surface area (Å²) in [5.74, 6) is -0.748. The fraction of sp³-hybridized carbons (Fsp3) is 0.529. The number of primary amides is 1. The molecule has 6 nitrogen and oxygen atoms in total. The van der Waals surface area contributed by atoms with Crippen LogP contribution in [0.15, 0.2) is 24.3 Å². The maximum absolute atomic E-state index is 12.2. The van der Waals surface area contributed by atoms with Crippen molar-refractivity contribution in [2.75, 3.05) is 0 Å². The van der Waals surface area contributed by atoms with Crippen molar-refractivity contribution >= 4 is 12.0 Å². The van der Waals surface area contributed by atoms with E-state index in [1.54, 1.807) is 19.1 Å². The lowest BCUT2D eigenvalue weighted by Crippen LogP contribution is -2.59. The molecule has 1 aromatic carbocycles. The number of carbonyl (C=O) groups excluding carboxylic acids is 1. The summed E-state index contributed by atoms with van der Waals surface area (Å²) in [5, 5.41) is 19.2. The Kier molecular flexibility index (Phi) is 4.05. The summed E-state index contributed by atoms with van der Waals surface area (Å²) < 4.78 is 0. The molecule has 23 heavy (non-hydrogen) atoms. The van der Waals surface area contributed by atoms with Gasteiger partial charge in [-0.2, -0.15) is 0 Å². The van der Waals surface area contributed by atoms with Crippen molar-refractivity contribution in [3.63, 3.8) is 0 Å². The summed E-state index contributed by atoms with van der Waals surface area (Å²) in [4.78, 5) is 25.3. The third-order valence-electron chi connectivity index (χ3n) is 4.98. The van der Waals surface area contributed by atoms with Gasteiger partial charge in [0.1, 0.15) is 11.3 Å². The minimum absolute atomic E-state index is 0.110. The number of benzene rings is 1. The Morgan fingerprint density at radius 1 is 1.26 bits per heavy atom. The van der Waals surface area contributed by atoms with Crippen LogP contribution in [-0.4, -0.2) is 32.7 Å². The summed E-state index contributed by atoms with van der Waals surface area (Å²) >= 11 is 0. The highest BCUT2D eigenvalue weighted by molar-refractivity contribution is 5.89. The maximum Gasteiger partial charge on any atom is 0.408 e. The van der Waals surface area contributed by atoms with Gasteiger partial charge in [0.25, 0.3) is 0 Å². The highest BCUT2D eigenvalue weighted by atomic mass is 16.4.